The van der Waals surface area contributed by atoms with Crippen LogP contribution in [-0.2, 0) is 42.6 Å². The summed E-state index contributed by atoms with van der Waals surface area (Å²) >= 11 is 0.0157. The number of aliphatic hydroxyl groups is 3. The van der Waals surface area contributed by atoms with Crippen molar-refractivity contribution in [3.63, 3.8) is 0 Å². The van der Waals surface area contributed by atoms with Crippen LogP contribution in [0.3, 0.4) is 0 Å². The van der Waals surface area contributed by atoms with Crippen LogP contribution in [-0.4, -0.2) is 133 Å². The van der Waals surface area contributed by atoms with Gasteiger partial charge in [-0.15, -0.1) is 21.3 Å². The monoisotopic (exact) mass is 2720 g/mol. The van der Waals surface area contributed by atoms with Crippen molar-refractivity contribution in [1.29, 1.82) is 0 Å². The Morgan fingerprint density at radius 2 is 0.447 bits per heavy atom. The Morgan fingerprint density at radius 3 is 0.540 bits per heavy atom. The summed E-state index contributed by atoms with van der Waals surface area (Å²) in [4.78, 5) is 35.3. The van der Waals surface area contributed by atoms with Crippen LogP contribution in [0.15, 0.2) is 243 Å². The summed E-state index contributed by atoms with van der Waals surface area (Å²) in [7, 11) is -4.09. The first-order valence-corrected chi connectivity index (χ1v) is 64.9. The predicted octanol–water partition coefficient (Wildman–Crippen LogP) is 11.6. The zero-order chi connectivity index (χ0) is 108. The van der Waals surface area contributed by atoms with E-state index < -0.39 is 62.1 Å². The van der Waals surface area contributed by atoms with Gasteiger partial charge in [-0.2, -0.15) is 26.3 Å². The summed E-state index contributed by atoms with van der Waals surface area (Å²) in [5.74, 6) is -12.0. The quantitative estimate of drug-likeness (QED) is 0.00786. The van der Waals surface area contributed by atoms with Gasteiger partial charge in [-0.1, -0.05) is 21.3 Å². The molecule has 10 aromatic carbocycles. The number of rotatable bonds is 25. The third kappa shape index (κ3) is 42.5. The predicted molar refractivity (Wildman–Crippen MR) is 575 cm³/mol. The second-order valence-corrected chi connectivity index (χ2v) is 62.2. The van der Waals surface area contributed by atoms with Crippen molar-refractivity contribution in [2.24, 2.45) is 51.8 Å². The number of halogens is 12. The molecule has 0 amide bonds. The molecule has 150 heavy (non-hydrogen) atoms. The number of hydrogen-bond acceptors (Lipinski definition) is 12. The van der Waals surface area contributed by atoms with Gasteiger partial charge in [-0.25, -0.2) is 23.8 Å². The minimum atomic E-state index is -4.09. The Hall–Kier alpha value is -5.81. The number of hydrogen-bond donors (Lipinski definition) is 6. The number of carbonyl (C=O) groups is 3. The van der Waals surface area contributed by atoms with Gasteiger partial charge in [-0.05, 0) is 172 Å². The second-order valence-electron chi connectivity index (χ2n) is 43.5. The standard InChI is InChI=1S/3C14H20F2O3.5C14H14I.C6H15N.C4H12O4S.CH4.BrH/c3*1-12(15,16)11(17)19-8-13-3-9-2-10(4-13)6-14(18,5-9)7-13;5*1-11-3-7-13(8-4-11)15-14-9-5-12(2)6-10-14;1-4-7(5-2)6-3;1-3-9(6,7,4-2)8-5;;/h3*9-10,18H,2-8H2,1H3;5*3-10H,1-2H3;4-6H2,1-3H3;5H,3-4H2,1-2H3,(H,6,7);1H4;1H/q;;;5*-1;;;;/p+1. The van der Waals surface area contributed by atoms with Crippen molar-refractivity contribution < 1.29 is 200 Å². The van der Waals surface area contributed by atoms with Gasteiger partial charge in [0.25, 0.3) is 0 Å². The summed E-state index contributed by atoms with van der Waals surface area (Å²) in [6, 6.07) is 89.0. The molecule has 0 radical (unpaired) electrons. The Balaban J connectivity index is 0.000000204. The third-order valence-electron chi connectivity index (χ3n) is 29.1. The first kappa shape index (κ1) is 129. The Morgan fingerprint density at radius 1 is 0.307 bits per heavy atom. The molecule has 0 saturated heterocycles. The summed E-state index contributed by atoms with van der Waals surface area (Å²) in [6.45, 7) is 36.5. The molecule has 10 aromatic rings. The van der Waals surface area contributed by atoms with Crippen LogP contribution in [0.5, 0.6) is 0 Å². The van der Waals surface area contributed by atoms with E-state index in [9.17, 15) is 60.3 Å². The average molecular weight is 2720 g/mol. The molecule has 0 heterocycles. The molecule has 27 heteroatoms. The van der Waals surface area contributed by atoms with Crippen LogP contribution in [0, 0.1) is 157 Å². The topological polar surface area (TPSA) is 211 Å². The minimum absolute atomic E-state index is 0. The van der Waals surface area contributed by atoms with E-state index in [-0.39, 0.29) is 178 Å². The van der Waals surface area contributed by atoms with E-state index in [1.807, 2.05) is 0 Å². The van der Waals surface area contributed by atoms with Crippen molar-refractivity contribution in [3.8, 4) is 0 Å². The van der Waals surface area contributed by atoms with Gasteiger partial charge in [0.15, 0.2) is 0 Å². The molecule has 12 aliphatic rings. The fourth-order valence-electron chi connectivity index (χ4n) is 22.4. The molecule has 6 unspecified atom stereocenters. The first-order chi connectivity index (χ1) is 69.6. The molecule has 12 saturated carbocycles. The van der Waals surface area contributed by atoms with E-state index in [1.54, 1.807) is 4.90 Å². The fourth-order valence-corrected chi connectivity index (χ4v) is 33.8. The van der Waals surface area contributed by atoms with Gasteiger partial charge in [0.05, 0.1) is 56.3 Å². The number of ether oxygens (including phenoxy) is 3. The summed E-state index contributed by atoms with van der Waals surface area (Å²) in [6.07, 6.45) is 15.5. The van der Waals surface area contributed by atoms with Gasteiger partial charge in [0.1, 0.15) is 9.63 Å². The van der Waals surface area contributed by atoms with E-state index in [4.69, 9.17) is 24.0 Å². The maximum atomic E-state index is 12.8. The number of benzene rings is 10. The zero-order valence-corrected chi connectivity index (χ0v) is 103. The van der Waals surface area contributed by atoms with Crippen LogP contribution in [0.1, 0.15) is 234 Å². The van der Waals surface area contributed by atoms with Crippen molar-refractivity contribution in [1.82, 2.24) is 0 Å². The molecular formula is C123H163BrF6I5NO13S-4. The van der Waals surface area contributed by atoms with Crippen molar-refractivity contribution >= 4 is 44.5 Å². The molecule has 12 fully saturated rings. The number of carbonyl (C=O) groups excluding carboxylic acids is 3. The SMILES string of the molecule is Br.C.CC(F)(F)C(=O)OCC12CC3CC(CC(O)(C3)C1)C2.CC(F)(F)C(=O)OCC12CC3CC(CC(O)(C3)C1)C2.CC(F)(F)C(=O)OCC12CC3CC(CC(O)(C3)C1)C2.CCS(=O)(O)(CC)OO.CC[NH+](CC)CC.Cc1ccc([I-]c2ccc(C)cc2)cc1.Cc1ccc([I-]c2ccc(C)cc2)cc1.Cc1ccc([I-]c2ccc(C)cc2)cc1.Cc1ccc([I-]c2ccc(C)cc2)cc1.Cc1ccc([I-]c2ccc(C)cc2)cc1. The molecule has 14 nitrogen and oxygen atoms in total. The van der Waals surface area contributed by atoms with Crippen molar-refractivity contribution in [2.45, 2.75) is 282 Å². The zero-order valence-electron chi connectivity index (χ0n) is 89.9. The third-order valence-corrected chi connectivity index (χ3v) is 45.1. The first-order valence-electron chi connectivity index (χ1n) is 51.9. The molecule has 0 spiro atoms. The normalized spacial score (nSPS) is 23.6. The molecule has 6 atom stereocenters. The van der Waals surface area contributed by atoms with Crippen molar-refractivity contribution in [2.75, 3.05) is 51.0 Å². The summed E-state index contributed by atoms with van der Waals surface area (Å²) in [5, 5.41) is 39.5. The van der Waals surface area contributed by atoms with Crippen LogP contribution in [0.4, 0.5) is 26.3 Å². The number of esters is 3. The number of nitrogens with one attached hydrogen (secondary N) is 1. The molecule has 22 rings (SSSR count). The Bertz CT molecular complexity index is 4890. The molecule has 12 aliphatic carbocycles. The van der Waals surface area contributed by atoms with Crippen LogP contribution < -0.4 is 111 Å². The van der Waals surface area contributed by atoms with Crippen LogP contribution in [0.25, 0.3) is 0 Å². The van der Waals surface area contributed by atoms with E-state index in [0.29, 0.717) is 75.5 Å². The molecule has 12 bridgehead atoms. The Labute approximate surface area is 953 Å². The fraction of sp³-hybridized carbons (Fsp3) is 0.488. The molecule has 0 aromatic heterocycles. The van der Waals surface area contributed by atoms with Crippen molar-refractivity contribution in [3.05, 3.63) is 334 Å². The van der Waals surface area contributed by atoms with Crippen LogP contribution >= 0.6 is 17.0 Å². The van der Waals surface area contributed by atoms with Gasteiger partial charge < -0.3 is 39.0 Å². The number of quaternary nitrogens is 1. The molecule has 6 N–H and O–H groups in total. The van der Waals surface area contributed by atoms with Gasteiger partial charge in [0.2, 0.25) is 0 Å². The van der Waals surface area contributed by atoms with Crippen LogP contribution in [0.2, 0.25) is 0 Å². The molecule has 832 valence electrons. The Kier molecular flexibility index (Phi) is 50.1. The van der Waals surface area contributed by atoms with E-state index in [1.165, 1.54) is 125 Å². The van der Waals surface area contributed by atoms with E-state index in [2.05, 4.69) is 337 Å². The van der Waals surface area contributed by atoms with Gasteiger partial charge in [-0.3, -0.25) is 0 Å². The van der Waals surface area contributed by atoms with Gasteiger partial charge >= 0.3 is 545 Å². The number of aryl methyl sites for hydroxylation is 10. The maximum absolute atomic E-state index is 12.8. The summed E-state index contributed by atoms with van der Waals surface area (Å²) < 4.78 is 130. The molecule has 0 aliphatic heterocycles. The second kappa shape index (κ2) is 58.1. The van der Waals surface area contributed by atoms with E-state index in [0.717, 1.165) is 96.3 Å². The van der Waals surface area contributed by atoms with Gasteiger partial charge in [0, 0.05) is 48.5 Å². The molecular weight excluding hydrogens is 2560 g/mol. The summed E-state index contributed by atoms with van der Waals surface area (Å²) in [5.41, 5.74) is 10.7. The average Bonchev–Trinajstić information content (AvgIpc) is 0.736. The number of alkyl halides is 6. The van der Waals surface area contributed by atoms with E-state index >= 15 is 0 Å².